The van der Waals surface area contributed by atoms with Crippen molar-refractivity contribution >= 4 is 17.5 Å². The van der Waals surface area contributed by atoms with Gasteiger partial charge in [0.25, 0.3) is 5.91 Å². The third-order valence-corrected chi connectivity index (χ3v) is 3.29. The molecule has 0 saturated carbocycles. The van der Waals surface area contributed by atoms with E-state index in [1.807, 2.05) is 6.92 Å². The van der Waals surface area contributed by atoms with Gasteiger partial charge in [0.05, 0.1) is 19.8 Å². The number of nitrogen functional groups attached to an aromatic ring is 1. The molecule has 0 aromatic heterocycles. The normalized spacial score (nSPS) is 18.3. The zero-order chi connectivity index (χ0) is 15.4. The van der Waals surface area contributed by atoms with Crippen LogP contribution in [0.4, 0.5) is 5.69 Å². The van der Waals surface area contributed by atoms with Crippen LogP contribution in [0.1, 0.15) is 17.3 Å². The van der Waals surface area contributed by atoms with Crippen LogP contribution in [-0.2, 0) is 9.53 Å². The van der Waals surface area contributed by atoms with E-state index in [0.717, 1.165) is 0 Å². The lowest BCUT2D eigenvalue weighted by Gasteiger charge is -2.34. The Balaban J connectivity index is 2.36. The smallest absolute Gasteiger partial charge is 0.260 e. The summed E-state index contributed by atoms with van der Waals surface area (Å²) in [7, 11) is 0. The molecule has 114 valence electrons. The lowest BCUT2D eigenvalue weighted by molar-refractivity contribution is -0.127. The van der Waals surface area contributed by atoms with E-state index in [1.165, 1.54) is 4.90 Å². The first-order valence-corrected chi connectivity index (χ1v) is 6.75. The van der Waals surface area contributed by atoms with Gasteiger partial charge in [-0.1, -0.05) is 6.07 Å². The van der Waals surface area contributed by atoms with Crippen molar-refractivity contribution in [2.24, 2.45) is 5.73 Å². The van der Waals surface area contributed by atoms with Crippen molar-refractivity contribution in [2.45, 2.75) is 13.0 Å². The van der Waals surface area contributed by atoms with Crippen LogP contribution in [0.15, 0.2) is 18.2 Å². The summed E-state index contributed by atoms with van der Waals surface area (Å²) in [4.78, 5) is 25.6. The number of nitrogens with zero attached hydrogens (tertiary/aromatic N) is 1. The minimum absolute atomic E-state index is 0.0950. The molecule has 2 rings (SSSR count). The number of anilines is 1. The standard InChI is InChI=1S/C14H19N3O4/c1-2-21-11-5-3-4-9(15)12(11)14(19)17-6-7-20-8-10(17)13(16)18/h3-5,10H,2,6-8,15H2,1H3,(H2,16,18). The van der Waals surface area contributed by atoms with Crippen molar-refractivity contribution in [1.82, 2.24) is 4.90 Å². The van der Waals surface area contributed by atoms with Crippen LogP contribution in [0.5, 0.6) is 5.75 Å². The van der Waals surface area contributed by atoms with Crippen LogP contribution in [-0.4, -0.2) is 49.1 Å². The number of benzene rings is 1. The van der Waals surface area contributed by atoms with Gasteiger partial charge in [-0.2, -0.15) is 0 Å². The van der Waals surface area contributed by atoms with Gasteiger partial charge >= 0.3 is 0 Å². The van der Waals surface area contributed by atoms with Crippen molar-refractivity contribution in [3.8, 4) is 5.75 Å². The Hall–Kier alpha value is -2.28. The highest BCUT2D eigenvalue weighted by atomic mass is 16.5. The quantitative estimate of drug-likeness (QED) is 0.759. The van der Waals surface area contributed by atoms with Crippen LogP contribution in [0, 0.1) is 0 Å². The largest absolute Gasteiger partial charge is 0.493 e. The van der Waals surface area contributed by atoms with Gasteiger partial charge in [-0.05, 0) is 19.1 Å². The maximum absolute atomic E-state index is 12.7. The molecule has 1 aliphatic heterocycles. The van der Waals surface area contributed by atoms with Gasteiger partial charge in [0, 0.05) is 12.2 Å². The first kappa shape index (κ1) is 15.1. The summed E-state index contributed by atoms with van der Waals surface area (Å²) in [6, 6.07) is 4.21. The number of carbonyl (C=O) groups excluding carboxylic acids is 2. The van der Waals surface area contributed by atoms with Crippen LogP contribution >= 0.6 is 0 Å². The summed E-state index contributed by atoms with van der Waals surface area (Å²) < 4.78 is 10.7. The number of rotatable bonds is 4. The van der Waals surface area contributed by atoms with Crippen molar-refractivity contribution < 1.29 is 19.1 Å². The number of morpholine rings is 1. The van der Waals surface area contributed by atoms with Gasteiger partial charge in [0.15, 0.2) is 0 Å². The second-order valence-electron chi connectivity index (χ2n) is 4.65. The maximum atomic E-state index is 12.7. The highest BCUT2D eigenvalue weighted by Crippen LogP contribution is 2.27. The Bertz CT molecular complexity index is 547. The molecule has 1 aromatic rings. The molecule has 0 spiro atoms. The second kappa shape index (κ2) is 6.45. The van der Waals surface area contributed by atoms with E-state index in [9.17, 15) is 9.59 Å². The Kier molecular flexibility index (Phi) is 4.64. The van der Waals surface area contributed by atoms with E-state index in [-0.39, 0.29) is 24.6 Å². The summed E-state index contributed by atoms with van der Waals surface area (Å²) in [6.07, 6.45) is 0. The Labute approximate surface area is 122 Å². The van der Waals surface area contributed by atoms with Crippen molar-refractivity contribution in [3.05, 3.63) is 23.8 Å². The predicted molar refractivity (Wildman–Crippen MR) is 76.9 cm³/mol. The highest BCUT2D eigenvalue weighted by molar-refractivity contribution is 6.03. The van der Waals surface area contributed by atoms with E-state index in [1.54, 1.807) is 18.2 Å². The summed E-state index contributed by atoms with van der Waals surface area (Å²) in [5.74, 6) is -0.573. The SMILES string of the molecule is CCOc1cccc(N)c1C(=O)N1CCOCC1C(N)=O. The third kappa shape index (κ3) is 3.08. The Morgan fingerprint density at radius 1 is 1.48 bits per heavy atom. The van der Waals surface area contributed by atoms with E-state index >= 15 is 0 Å². The Morgan fingerprint density at radius 2 is 2.24 bits per heavy atom. The number of carbonyl (C=O) groups is 2. The minimum atomic E-state index is -0.791. The molecule has 0 radical (unpaired) electrons. The van der Waals surface area contributed by atoms with E-state index in [0.29, 0.717) is 24.7 Å². The molecular weight excluding hydrogens is 274 g/mol. The summed E-state index contributed by atoms with van der Waals surface area (Å²) in [5.41, 5.74) is 11.8. The molecule has 4 N–H and O–H groups in total. The Morgan fingerprint density at radius 3 is 2.90 bits per heavy atom. The van der Waals surface area contributed by atoms with Gasteiger partial charge < -0.3 is 25.8 Å². The lowest BCUT2D eigenvalue weighted by Crippen LogP contribution is -2.54. The summed E-state index contributed by atoms with van der Waals surface area (Å²) >= 11 is 0. The molecule has 1 unspecified atom stereocenters. The van der Waals surface area contributed by atoms with Crippen LogP contribution < -0.4 is 16.2 Å². The molecule has 21 heavy (non-hydrogen) atoms. The molecule has 1 heterocycles. The molecule has 0 aliphatic carbocycles. The van der Waals surface area contributed by atoms with Crippen molar-refractivity contribution in [1.29, 1.82) is 0 Å². The molecule has 0 bridgehead atoms. The first-order chi connectivity index (χ1) is 10.1. The van der Waals surface area contributed by atoms with Gasteiger partial charge in [-0.25, -0.2) is 0 Å². The molecule has 2 amide bonds. The average Bonchev–Trinajstić information content (AvgIpc) is 2.47. The summed E-state index contributed by atoms with van der Waals surface area (Å²) in [5, 5.41) is 0. The second-order valence-corrected chi connectivity index (χ2v) is 4.65. The molecule has 7 nitrogen and oxygen atoms in total. The summed E-state index contributed by atoms with van der Waals surface area (Å²) in [6.45, 7) is 2.96. The molecule has 1 saturated heterocycles. The molecule has 1 fully saturated rings. The third-order valence-electron chi connectivity index (χ3n) is 3.29. The van der Waals surface area contributed by atoms with Crippen LogP contribution in [0.25, 0.3) is 0 Å². The van der Waals surface area contributed by atoms with Gasteiger partial charge in [-0.3, -0.25) is 9.59 Å². The monoisotopic (exact) mass is 293 g/mol. The van der Waals surface area contributed by atoms with Gasteiger partial charge in [0.1, 0.15) is 17.4 Å². The molecular formula is C14H19N3O4. The number of hydrogen-bond acceptors (Lipinski definition) is 5. The number of hydrogen-bond donors (Lipinski definition) is 2. The fraction of sp³-hybridized carbons (Fsp3) is 0.429. The lowest BCUT2D eigenvalue weighted by atomic mass is 10.1. The molecule has 1 atom stereocenters. The van der Waals surface area contributed by atoms with Gasteiger partial charge in [0.2, 0.25) is 5.91 Å². The fourth-order valence-electron chi connectivity index (χ4n) is 2.28. The molecule has 7 heteroatoms. The van der Waals surface area contributed by atoms with E-state index < -0.39 is 11.9 Å². The number of amides is 2. The van der Waals surface area contributed by atoms with E-state index in [4.69, 9.17) is 20.9 Å². The average molecular weight is 293 g/mol. The highest BCUT2D eigenvalue weighted by Gasteiger charge is 2.34. The number of ether oxygens (including phenoxy) is 2. The topological polar surface area (TPSA) is 108 Å². The maximum Gasteiger partial charge on any atom is 0.260 e. The zero-order valence-corrected chi connectivity index (χ0v) is 11.9. The molecule has 1 aromatic carbocycles. The van der Waals surface area contributed by atoms with Gasteiger partial charge in [-0.15, -0.1) is 0 Å². The zero-order valence-electron chi connectivity index (χ0n) is 11.9. The predicted octanol–water partition coefficient (Wildman–Crippen LogP) is -0.00620. The van der Waals surface area contributed by atoms with E-state index in [2.05, 4.69) is 0 Å². The number of primary amides is 1. The first-order valence-electron chi connectivity index (χ1n) is 6.75. The van der Waals surface area contributed by atoms with Crippen molar-refractivity contribution in [3.63, 3.8) is 0 Å². The number of nitrogens with two attached hydrogens (primary N) is 2. The van der Waals surface area contributed by atoms with Crippen LogP contribution in [0.3, 0.4) is 0 Å². The molecule has 1 aliphatic rings. The fourth-order valence-corrected chi connectivity index (χ4v) is 2.28. The minimum Gasteiger partial charge on any atom is -0.493 e. The van der Waals surface area contributed by atoms with Crippen molar-refractivity contribution in [2.75, 3.05) is 32.1 Å². The van der Waals surface area contributed by atoms with Crippen LogP contribution in [0.2, 0.25) is 0 Å².